The summed E-state index contributed by atoms with van der Waals surface area (Å²) in [5, 5.41) is 115. The number of phenolic OH excluding ortho intramolecular Hbond substituents is 2. The van der Waals surface area contributed by atoms with Crippen LogP contribution in [0.4, 0.5) is 0 Å². The number of allylic oxidation sites excluding steroid dienone is 2. The minimum absolute atomic E-state index is 0.0445. The Labute approximate surface area is 383 Å². The highest BCUT2D eigenvalue weighted by Gasteiger charge is 2.85. The van der Waals surface area contributed by atoms with Crippen molar-refractivity contribution in [2.45, 2.75) is 171 Å². The zero-order valence-electron chi connectivity index (χ0n) is 39.2. The Morgan fingerprint density at radius 3 is 2.35 bits per heavy atom. The van der Waals surface area contributed by atoms with Gasteiger partial charge in [-0.25, -0.2) is 0 Å². The van der Waals surface area contributed by atoms with Crippen LogP contribution in [0.2, 0.25) is 0 Å². The minimum Gasteiger partial charge on any atom is -0.508 e. The second-order valence-electron chi connectivity index (χ2n) is 24.5. The monoisotopic (exact) mass is 902 g/mol. The van der Waals surface area contributed by atoms with E-state index in [2.05, 4.69) is 25.2 Å². The number of ketones is 1. The number of likely N-dealkylation sites (N-methyl/N-ethyl adjacent to an activating group) is 1. The zero-order valence-corrected chi connectivity index (χ0v) is 39.2. The summed E-state index contributed by atoms with van der Waals surface area (Å²) in [6, 6.07) is 2.80. The Hall–Kier alpha value is -2.39. The molecule has 65 heavy (non-hydrogen) atoms. The van der Waals surface area contributed by atoms with Gasteiger partial charge in [-0.1, -0.05) is 59.1 Å². The summed E-state index contributed by atoms with van der Waals surface area (Å²) in [6.07, 6.45) is 8.50. The van der Waals surface area contributed by atoms with E-state index in [0.717, 1.165) is 50.6 Å². The highest BCUT2D eigenvalue weighted by Crippen LogP contribution is 2.82. The third kappa shape index (κ3) is 5.18. The third-order valence-corrected chi connectivity index (χ3v) is 22.3. The van der Waals surface area contributed by atoms with E-state index in [0.29, 0.717) is 42.5 Å². The molecule has 6 saturated carbocycles. The van der Waals surface area contributed by atoms with Gasteiger partial charge in [0.25, 0.3) is 0 Å². The number of ether oxygens (including phenoxy) is 1. The van der Waals surface area contributed by atoms with E-state index in [-0.39, 0.29) is 91.2 Å². The lowest BCUT2D eigenvalue weighted by atomic mass is 9.35. The third-order valence-electron chi connectivity index (χ3n) is 22.3. The van der Waals surface area contributed by atoms with Crippen LogP contribution in [0, 0.1) is 62.6 Å². The van der Waals surface area contributed by atoms with Crippen LogP contribution in [-0.2, 0) is 16.0 Å². The molecule has 11 aliphatic rings. The number of hydrogen-bond acceptors (Lipinski definition) is 12. The van der Waals surface area contributed by atoms with Crippen molar-refractivity contribution < 1.29 is 55.5 Å². The Bertz CT molecular complexity index is 2240. The van der Waals surface area contributed by atoms with Crippen molar-refractivity contribution in [1.82, 2.24) is 5.32 Å². The normalized spacial score (nSPS) is 52.2. The number of fused-ring (bicyclic) bond motifs is 14. The highest BCUT2D eigenvalue weighted by molar-refractivity contribution is 5.96. The first-order valence-corrected chi connectivity index (χ1v) is 25.3. The molecule has 0 radical (unpaired) electrons. The summed E-state index contributed by atoms with van der Waals surface area (Å²) in [4.78, 5) is 15.6. The van der Waals surface area contributed by atoms with Crippen LogP contribution in [0.15, 0.2) is 35.4 Å². The van der Waals surface area contributed by atoms with Gasteiger partial charge in [0.1, 0.15) is 22.7 Å². The molecule has 12 rings (SSSR count). The number of hydrogen-bond donors (Lipinski definition) is 10. The minimum atomic E-state index is -1.82. The van der Waals surface area contributed by atoms with Crippen molar-refractivity contribution in [1.29, 1.82) is 0 Å². The molecule has 12 heteroatoms. The molecule has 0 aromatic heterocycles. The Morgan fingerprint density at radius 1 is 0.923 bits per heavy atom. The van der Waals surface area contributed by atoms with Gasteiger partial charge in [0.05, 0.1) is 29.5 Å². The second-order valence-corrected chi connectivity index (χ2v) is 24.5. The first-order valence-electron chi connectivity index (χ1n) is 25.3. The summed E-state index contributed by atoms with van der Waals surface area (Å²) < 4.78 is 7.53. The molecule has 10 N–H and O–H groups in total. The Morgan fingerprint density at radius 2 is 1.66 bits per heavy atom. The van der Waals surface area contributed by atoms with Gasteiger partial charge in [0.2, 0.25) is 0 Å². The van der Waals surface area contributed by atoms with Crippen LogP contribution >= 0.6 is 0 Å². The summed E-state index contributed by atoms with van der Waals surface area (Å²) in [7, 11) is 0. The Balaban J connectivity index is 1.13. The van der Waals surface area contributed by atoms with E-state index >= 15 is 4.79 Å². The van der Waals surface area contributed by atoms with Crippen LogP contribution in [0.5, 0.6) is 11.5 Å². The molecule has 1 aromatic carbocycles. The summed E-state index contributed by atoms with van der Waals surface area (Å²) in [5.41, 5.74) is -7.72. The molecule has 1 aliphatic heterocycles. The number of rotatable bonds is 6. The summed E-state index contributed by atoms with van der Waals surface area (Å²) in [6.45, 7) is 11.2. The number of benzene rings is 1. The number of aliphatic hydroxyl groups excluding tert-OH is 4. The van der Waals surface area contributed by atoms with Crippen molar-refractivity contribution in [3.05, 3.63) is 46.6 Å². The van der Waals surface area contributed by atoms with Crippen molar-refractivity contribution in [3.63, 3.8) is 0 Å². The molecule has 0 amide bonds. The maximum atomic E-state index is 15.6. The van der Waals surface area contributed by atoms with E-state index in [1.165, 1.54) is 12.1 Å². The van der Waals surface area contributed by atoms with Crippen LogP contribution < -0.4 is 5.32 Å². The quantitative estimate of drug-likeness (QED) is 0.176. The predicted octanol–water partition coefficient (Wildman–Crippen LogP) is 4.70. The number of carbonyl (C=O) groups is 1. The standard InChI is InChI=1S/C53H75NO11/c1-6-54-25-29-22-45(3)13-10-33(29)53(44(61)28(45)2)51(63,17-18-55)43-37(65-53)23-52(64)34-21-36(59)41-40-32-19-30(57)20-35(58)31(32)9-14-50(40,62)39(60)24-46(41,4)42(34)49(27-47(43,52)5)16-15-48(38(49)26-56)11-7-8-12-48/h19-22,28,33,37-44,54-58,60-64H,6-18,23-27H2,1-5H3/t28-,33+,37+,38+,39+,40+,41-,42+,43+,44+,45-,46+,47-,49-,50+,51-,52-,53+/m1/s1. The van der Waals surface area contributed by atoms with Gasteiger partial charge < -0.3 is 56.0 Å². The van der Waals surface area contributed by atoms with E-state index in [9.17, 15) is 46.0 Å². The van der Waals surface area contributed by atoms with Gasteiger partial charge >= 0.3 is 0 Å². The van der Waals surface area contributed by atoms with E-state index < -0.39 is 80.6 Å². The summed E-state index contributed by atoms with van der Waals surface area (Å²) >= 11 is 0. The van der Waals surface area contributed by atoms with Gasteiger partial charge in [0.15, 0.2) is 5.78 Å². The average Bonchev–Trinajstić information content (AvgIpc) is 3.94. The smallest absolute Gasteiger partial charge is 0.160 e. The van der Waals surface area contributed by atoms with Crippen LogP contribution in [0.3, 0.4) is 0 Å². The van der Waals surface area contributed by atoms with Crippen molar-refractivity contribution in [2.75, 3.05) is 26.3 Å². The lowest BCUT2D eigenvalue weighted by molar-refractivity contribution is -0.258. The fourth-order valence-corrected chi connectivity index (χ4v) is 19.8. The van der Waals surface area contributed by atoms with Crippen molar-refractivity contribution in [3.8, 4) is 11.5 Å². The van der Waals surface area contributed by atoms with Gasteiger partial charge in [-0.05, 0) is 139 Å². The van der Waals surface area contributed by atoms with Crippen LogP contribution in [0.1, 0.15) is 135 Å². The van der Waals surface area contributed by atoms with Gasteiger partial charge in [-0.3, -0.25) is 4.79 Å². The first kappa shape index (κ1) is 45.1. The molecule has 3 spiro atoms. The molecule has 358 valence electrons. The topological polar surface area (TPSA) is 220 Å². The fraction of sp³-hybridized carbons (Fsp3) is 0.792. The van der Waals surface area contributed by atoms with Gasteiger partial charge in [-0.2, -0.15) is 0 Å². The first-order chi connectivity index (χ1) is 30.6. The lowest BCUT2D eigenvalue weighted by Gasteiger charge is -2.70. The summed E-state index contributed by atoms with van der Waals surface area (Å²) in [5.74, 6) is -4.75. The molecule has 2 bridgehead atoms. The van der Waals surface area contributed by atoms with E-state index in [1.807, 2.05) is 20.8 Å². The molecule has 1 aromatic rings. The molecule has 10 aliphatic carbocycles. The molecule has 12 nitrogen and oxygen atoms in total. The number of aliphatic hydroxyl groups is 7. The van der Waals surface area contributed by atoms with Gasteiger partial charge in [-0.15, -0.1) is 0 Å². The molecule has 0 unspecified atom stereocenters. The van der Waals surface area contributed by atoms with Gasteiger partial charge in [0, 0.05) is 67.8 Å². The number of nitrogens with one attached hydrogen (secondary N) is 1. The number of aromatic hydroxyl groups is 2. The second kappa shape index (κ2) is 14.1. The number of phenols is 2. The Kier molecular flexibility index (Phi) is 9.79. The molecule has 1 saturated heterocycles. The predicted molar refractivity (Wildman–Crippen MR) is 240 cm³/mol. The largest absolute Gasteiger partial charge is 0.508 e. The van der Waals surface area contributed by atoms with Crippen molar-refractivity contribution >= 4 is 5.78 Å². The van der Waals surface area contributed by atoms with Crippen LogP contribution in [-0.4, -0.2) is 119 Å². The van der Waals surface area contributed by atoms with E-state index in [4.69, 9.17) is 4.74 Å². The highest BCUT2D eigenvalue weighted by atomic mass is 16.6. The van der Waals surface area contributed by atoms with Crippen molar-refractivity contribution in [2.24, 2.45) is 62.6 Å². The lowest BCUT2D eigenvalue weighted by Crippen LogP contribution is -2.73. The van der Waals surface area contributed by atoms with E-state index in [1.54, 1.807) is 6.08 Å². The fourth-order valence-electron chi connectivity index (χ4n) is 19.8. The molecule has 1 heterocycles. The maximum Gasteiger partial charge on any atom is 0.160 e. The zero-order chi connectivity index (χ0) is 46.3. The SMILES string of the molecule is CCNCC1=C[C@@]2(C)CC[C@@H]1[C@]1(O[C@H]3C[C@@]4(O)C5=CC(=O)[C@@H]6[C@@H]7c8cc(O)cc(O)c8CC[C@]7(O)[C@@H](O)C[C@]6(C)[C@H]5[C@]5(CCC6(CCCC6)[C@@H]5CO)C[C@]4(C)[C@H]3[C@]1(O)CCO)[C@@H](O)[C@H]2C. The number of carbonyl (C=O) groups excluding carboxylic acids is 1. The van der Waals surface area contributed by atoms with Crippen LogP contribution in [0.25, 0.3) is 0 Å². The molecule has 7 fully saturated rings. The molecular formula is C53H75NO11. The molecular weight excluding hydrogens is 827 g/mol. The molecule has 18 atom stereocenters. The maximum absolute atomic E-state index is 15.6. The average molecular weight is 902 g/mol.